The van der Waals surface area contributed by atoms with Crippen molar-refractivity contribution in [3.05, 3.63) is 139 Å². The van der Waals surface area contributed by atoms with Crippen molar-refractivity contribution >= 4 is 43.9 Å². The lowest BCUT2D eigenvalue weighted by Crippen LogP contribution is -2.43. The van der Waals surface area contributed by atoms with E-state index in [1.165, 1.54) is 22.3 Å². The van der Waals surface area contributed by atoms with Gasteiger partial charge >= 0.3 is 0 Å². The van der Waals surface area contributed by atoms with Crippen LogP contribution in [0.5, 0.6) is 0 Å². The fraction of sp³-hybridized carbons (Fsp3) is 0.133. The van der Waals surface area contributed by atoms with Gasteiger partial charge in [-0.3, -0.25) is 0 Å². The third-order valence-corrected chi connectivity index (χ3v) is 11.3. The van der Waals surface area contributed by atoms with Crippen LogP contribution in [0.15, 0.2) is 136 Å². The molecule has 240 valence electrons. The van der Waals surface area contributed by atoms with Crippen LogP contribution in [-0.2, 0) is 10.8 Å². The molecule has 0 bridgehead atoms. The third-order valence-electron chi connectivity index (χ3n) is 11.3. The second-order valence-corrected chi connectivity index (χ2v) is 14.4. The van der Waals surface area contributed by atoms with E-state index in [1.807, 2.05) is 60.7 Å². The van der Waals surface area contributed by atoms with Crippen molar-refractivity contribution in [2.24, 2.45) is 0 Å². The highest BCUT2D eigenvalue weighted by atomic mass is 16.3. The molecule has 0 radical (unpaired) electrons. The number of nitrogens with zero attached hydrogens (tertiary/aromatic N) is 3. The van der Waals surface area contributed by atoms with Gasteiger partial charge < -0.3 is 8.83 Å². The molecule has 50 heavy (non-hydrogen) atoms. The molecule has 9 aromatic rings. The monoisotopic (exact) mass is 647 g/mol. The second-order valence-electron chi connectivity index (χ2n) is 14.4. The first-order valence-electron chi connectivity index (χ1n) is 17.1. The van der Waals surface area contributed by atoms with Crippen LogP contribution < -0.4 is 0 Å². The van der Waals surface area contributed by atoms with Crippen molar-refractivity contribution in [3.63, 3.8) is 0 Å². The Hall–Kier alpha value is -6.07. The molecule has 0 N–H and O–H groups in total. The molecule has 3 heterocycles. The van der Waals surface area contributed by atoms with E-state index in [2.05, 4.69) is 94.4 Å². The standard InChI is InChI=1S/C45H33N3O2/c1-44(2)32-18-10-8-15-28(32)39-33(45(44,3)4)22-24-37-40(39)31-25-27(21-23-35(31)50-37)42-46-41(26-13-6-5-7-14-26)47-43(48-42)30-17-12-20-36-38(30)29-16-9-11-19-34(29)49-36/h5-25H,1-4H3. The molecule has 0 spiro atoms. The number of rotatable bonds is 3. The predicted octanol–water partition coefficient (Wildman–Crippen LogP) is 11.9. The maximum absolute atomic E-state index is 6.55. The number of para-hydroxylation sites is 1. The minimum Gasteiger partial charge on any atom is -0.456 e. The van der Waals surface area contributed by atoms with Gasteiger partial charge in [0.1, 0.15) is 22.3 Å². The van der Waals surface area contributed by atoms with Crippen LogP contribution in [0.25, 0.3) is 89.2 Å². The number of fused-ring (bicyclic) bond motifs is 10. The minimum atomic E-state index is -0.113. The maximum atomic E-state index is 6.55. The van der Waals surface area contributed by atoms with Crippen molar-refractivity contribution in [1.82, 2.24) is 15.0 Å². The van der Waals surface area contributed by atoms with E-state index in [9.17, 15) is 0 Å². The van der Waals surface area contributed by atoms with Crippen molar-refractivity contribution in [1.29, 1.82) is 0 Å². The van der Waals surface area contributed by atoms with E-state index in [0.29, 0.717) is 17.5 Å². The van der Waals surface area contributed by atoms with E-state index in [1.54, 1.807) is 0 Å². The van der Waals surface area contributed by atoms with Crippen molar-refractivity contribution < 1.29 is 8.83 Å². The fourth-order valence-electron chi connectivity index (χ4n) is 8.03. The molecule has 5 heteroatoms. The predicted molar refractivity (Wildman–Crippen MR) is 202 cm³/mol. The van der Waals surface area contributed by atoms with E-state index < -0.39 is 0 Å². The molecule has 0 fully saturated rings. The van der Waals surface area contributed by atoms with E-state index >= 15 is 0 Å². The summed E-state index contributed by atoms with van der Waals surface area (Å²) < 4.78 is 12.8. The molecular weight excluding hydrogens is 615 g/mol. The van der Waals surface area contributed by atoms with Crippen molar-refractivity contribution in [3.8, 4) is 45.3 Å². The van der Waals surface area contributed by atoms with Gasteiger partial charge in [0, 0.05) is 38.2 Å². The Morgan fingerprint density at radius 3 is 1.86 bits per heavy atom. The Morgan fingerprint density at radius 1 is 0.420 bits per heavy atom. The summed E-state index contributed by atoms with van der Waals surface area (Å²) in [5.41, 5.74) is 11.1. The van der Waals surface area contributed by atoms with Crippen LogP contribution in [0, 0.1) is 0 Å². The van der Waals surface area contributed by atoms with Crippen LogP contribution >= 0.6 is 0 Å². The maximum Gasteiger partial charge on any atom is 0.164 e. The van der Waals surface area contributed by atoms with Crippen molar-refractivity contribution in [2.75, 3.05) is 0 Å². The number of aromatic nitrogens is 3. The molecule has 0 saturated carbocycles. The van der Waals surface area contributed by atoms with E-state index in [4.69, 9.17) is 23.8 Å². The van der Waals surface area contributed by atoms with Crippen molar-refractivity contribution in [2.45, 2.75) is 38.5 Å². The smallest absolute Gasteiger partial charge is 0.164 e. The van der Waals surface area contributed by atoms with Crippen LogP contribution in [0.1, 0.15) is 38.8 Å². The van der Waals surface area contributed by atoms with Gasteiger partial charge in [-0.1, -0.05) is 119 Å². The molecule has 0 aliphatic heterocycles. The van der Waals surface area contributed by atoms with Gasteiger partial charge in [0.2, 0.25) is 0 Å². The van der Waals surface area contributed by atoms with Gasteiger partial charge in [0.05, 0.1) is 0 Å². The first kappa shape index (κ1) is 28.9. The van der Waals surface area contributed by atoms with Gasteiger partial charge in [-0.2, -0.15) is 0 Å². The molecule has 1 aliphatic carbocycles. The summed E-state index contributed by atoms with van der Waals surface area (Å²) in [4.78, 5) is 15.3. The SMILES string of the molecule is CC1(C)c2ccccc2-c2c(ccc3oc4ccc(-c5nc(-c6ccccc6)nc(-c6cccc7oc8ccccc8c67)n5)cc4c23)C1(C)C. The fourth-order valence-corrected chi connectivity index (χ4v) is 8.03. The molecule has 3 aromatic heterocycles. The Kier molecular flexibility index (Phi) is 5.91. The Balaban J connectivity index is 1.24. The molecule has 10 rings (SSSR count). The number of hydrogen-bond acceptors (Lipinski definition) is 5. The lowest BCUT2D eigenvalue weighted by molar-refractivity contribution is 0.299. The topological polar surface area (TPSA) is 65.0 Å². The number of benzene rings is 6. The van der Waals surface area contributed by atoms with Gasteiger partial charge in [0.15, 0.2) is 17.5 Å². The molecule has 0 unspecified atom stereocenters. The highest BCUT2D eigenvalue weighted by Crippen LogP contribution is 2.56. The summed E-state index contributed by atoms with van der Waals surface area (Å²) in [6, 6.07) is 43.8. The summed E-state index contributed by atoms with van der Waals surface area (Å²) in [5.74, 6) is 1.81. The third kappa shape index (κ3) is 3.98. The van der Waals surface area contributed by atoms with E-state index in [0.717, 1.165) is 60.6 Å². The van der Waals surface area contributed by atoms with E-state index in [-0.39, 0.29) is 10.8 Å². The zero-order valence-electron chi connectivity index (χ0n) is 28.3. The molecule has 0 saturated heterocycles. The van der Waals surface area contributed by atoms with Crippen LogP contribution in [-0.4, -0.2) is 15.0 Å². The van der Waals surface area contributed by atoms with Crippen LogP contribution in [0.2, 0.25) is 0 Å². The van der Waals surface area contributed by atoms with Gasteiger partial charge in [-0.05, 0) is 69.5 Å². The van der Waals surface area contributed by atoms with Crippen LogP contribution in [0.4, 0.5) is 0 Å². The quantitative estimate of drug-likeness (QED) is 0.191. The average Bonchev–Trinajstić information content (AvgIpc) is 3.72. The minimum absolute atomic E-state index is 0.0622. The number of hydrogen-bond donors (Lipinski definition) is 0. The average molecular weight is 648 g/mol. The summed E-state index contributed by atoms with van der Waals surface area (Å²) in [5, 5.41) is 4.20. The summed E-state index contributed by atoms with van der Waals surface area (Å²) in [6.45, 7) is 9.45. The first-order chi connectivity index (χ1) is 24.3. The summed E-state index contributed by atoms with van der Waals surface area (Å²) in [6.07, 6.45) is 0. The molecule has 0 atom stereocenters. The highest BCUT2D eigenvalue weighted by molar-refractivity contribution is 6.15. The van der Waals surface area contributed by atoms with Crippen LogP contribution in [0.3, 0.4) is 0 Å². The van der Waals surface area contributed by atoms with Gasteiger partial charge in [0.25, 0.3) is 0 Å². The molecule has 6 aromatic carbocycles. The van der Waals surface area contributed by atoms with Gasteiger partial charge in [-0.25, -0.2) is 15.0 Å². The molecule has 5 nitrogen and oxygen atoms in total. The summed E-state index contributed by atoms with van der Waals surface area (Å²) >= 11 is 0. The first-order valence-corrected chi connectivity index (χ1v) is 17.1. The lowest BCUT2D eigenvalue weighted by Gasteiger charge is -2.48. The Labute approximate surface area is 289 Å². The summed E-state index contributed by atoms with van der Waals surface area (Å²) in [7, 11) is 0. The number of furan rings is 2. The molecule has 0 amide bonds. The Bertz CT molecular complexity index is 2820. The second kappa shape index (κ2) is 10.2. The Morgan fingerprint density at radius 2 is 1.02 bits per heavy atom. The van der Waals surface area contributed by atoms with Gasteiger partial charge in [-0.15, -0.1) is 0 Å². The largest absolute Gasteiger partial charge is 0.456 e. The molecule has 1 aliphatic rings. The zero-order valence-corrected chi connectivity index (χ0v) is 28.3. The zero-order chi connectivity index (χ0) is 33.8. The molecular formula is C45H33N3O2. The lowest BCUT2D eigenvalue weighted by atomic mass is 9.55. The normalized spacial score (nSPS) is 14.7. The highest BCUT2D eigenvalue weighted by Gasteiger charge is 2.46.